The van der Waals surface area contributed by atoms with Crippen LogP contribution in [-0.4, -0.2) is 59.4 Å². The highest BCUT2D eigenvalue weighted by Gasteiger charge is 2.20. The third-order valence-electron chi connectivity index (χ3n) is 5.31. The van der Waals surface area contributed by atoms with Gasteiger partial charge in [-0.25, -0.2) is 14.4 Å². The number of benzene rings is 2. The number of thioether (sulfide) groups is 1. The van der Waals surface area contributed by atoms with Gasteiger partial charge in [0.1, 0.15) is 16.7 Å². The van der Waals surface area contributed by atoms with Gasteiger partial charge in [0.2, 0.25) is 5.91 Å². The number of hydrogen-bond acceptors (Lipinski definition) is 7. The topological polar surface area (TPSA) is 82.4 Å². The van der Waals surface area contributed by atoms with Crippen molar-refractivity contribution in [2.45, 2.75) is 18.0 Å². The first kappa shape index (κ1) is 23.1. The number of morpholine rings is 1. The van der Waals surface area contributed by atoms with Crippen LogP contribution in [0.4, 0.5) is 10.1 Å². The van der Waals surface area contributed by atoms with Gasteiger partial charge in [-0.1, -0.05) is 42.1 Å². The molecule has 1 aromatic heterocycles. The zero-order valence-electron chi connectivity index (χ0n) is 18.1. The molecule has 0 saturated carbocycles. The molecule has 2 aromatic carbocycles. The minimum Gasteiger partial charge on any atom is -0.379 e. The van der Waals surface area contributed by atoms with E-state index in [0.717, 1.165) is 24.0 Å². The highest BCUT2D eigenvalue weighted by molar-refractivity contribution is 8.00. The van der Waals surface area contributed by atoms with Crippen molar-refractivity contribution in [3.8, 4) is 6.07 Å². The quantitative estimate of drug-likeness (QED) is 0.371. The summed E-state index contributed by atoms with van der Waals surface area (Å²) >= 11 is 1.31. The van der Waals surface area contributed by atoms with Gasteiger partial charge in [-0.2, -0.15) is 5.26 Å². The summed E-state index contributed by atoms with van der Waals surface area (Å²) in [6.07, 6.45) is 0.116. The Hall–Kier alpha value is -3.06. The summed E-state index contributed by atoms with van der Waals surface area (Å²) in [5, 5.41) is 10.6. The maximum atomic E-state index is 14.4. The summed E-state index contributed by atoms with van der Waals surface area (Å²) in [5.41, 5.74) is 1.00. The average Bonchev–Trinajstić information content (AvgIpc) is 2.84. The number of carbonyl (C=O) groups is 1. The molecule has 0 bridgehead atoms. The van der Waals surface area contributed by atoms with Crippen LogP contribution in [0.2, 0.25) is 0 Å². The van der Waals surface area contributed by atoms with Crippen LogP contribution in [0.25, 0.3) is 10.9 Å². The fourth-order valence-electron chi connectivity index (χ4n) is 3.65. The summed E-state index contributed by atoms with van der Waals surface area (Å²) in [7, 11) is 0. The molecule has 1 aliphatic rings. The van der Waals surface area contributed by atoms with Crippen molar-refractivity contribution in [3.05, 3.63) is 60.2 Å². The third-order valence-corrected chi connectivity index (χ3v) is 6.28. The minimum absolute atomic E-state index is 0.0672. The fourth-order valence-corrected chi connectivity index (χ4v) is 4.57. The first-order valence-corrected chi connectivity index (χ1v) is 11.7. The summed E-state index contributed by atoms with van der Waals surface area (Å²) in [4.78, 5) is 26.1. The van der Waals surface area contributed by atoms with Crippen LogP contribution in [-0.2, 0) is 16.1 Å². The van der Waals surface area contributed by atoms with Crippen LogP contribution in [0.3, 0.4) is 0 Å². The normalized spacial score (nSPS) is 14.2. The molecule has 1 aliphatic heterocycles. The molecule has 1 fully saturated rings. The standard InChI is InChI=1S/C24H24FN5O2S/c25-19-7-2-4-9-21(19)30(11-5-10-26)23(31)17-33-24-18-6-1-3-8-20(18)27-22(28-24)16-29-12-14-32-15-13-29/h1-4,6-9H,5,11-17H2. The maximum absolute atomic E-state index is 14.4. The van der Waals surface area contributed by atoms with E-state index in [1.165, 1.54) is 22.7 Å². The molecule has 170 valence electrons. The molecule has 3 aromatic rings. The molecule has 0 unspecified atom stereocenters. The van der Waals surface area contributed by atoms with E-state index in [2.05, 4.69) is 4.90 Å². The summed E-state index contributed by atoms with van der Waals surface area (Å²) in [6, 6.07) is 15.8. The van der Waals surface area contributed by atoms with Crippen LogP contribution >= 0.6 is 11.8 Å². The Morgan fingerprint density at radius 1 is 1.15 bits per heavy atom. The van der Waals surface area contributed by atoms with E-state index in [1.54, 1.807) is 18.2 Å². The monoisotopic (exact) mass is 465 g/mol. The number of carbonyl (C=O) groups excluding carboxylic acids is 1. The molecule has 0 N–H and O–H groups in total. The molecule has 7 nitrogen and oxygen atoms in total. The Bertz CT molecular complexity index is 1160. The van der Waals surface area contributed by atoms with Gasteiger partial charge < -0.3 is 9.64 Å². The second kappa shape index (κ2) is 11.2. The van der Waals surface area contributed by atoms with Gasteiger partial charge in [-0.05, 0) is 18.2 Å². The second-order valence-electron chi connectivity index (χ2n) is 7.54. The molecule has 33 heavy (non-hydrogen) atoms. The highest BCUT2D eigenvalue weighted by atomic mass is 32.2. The van der Waals surface area contributed by atoms with E-state index in [1.807, 2.05) is 30.3 Å². The van der Waals surface area contributed by atoms with Crippen LogP contribution < -0.4 is 4.90 Å². The Labute approximate surface area is 196 Å². The number of anilines is 1. The number of fused-ring (bicyclic) bond motifs is 1. The lowest BCUT2D eigenvalue weighted by Gasteiger charge is -2.26. The lowest BCUT2D eigenvalue weighted by molar-refractivity contribution is -0.116. The lowest BCUT2D eigenvalue weighted by atomic mass is 10.2. The molecule has 9 heteroatoms. The van der Waals surface area contributed by atoms with Crippen LogP contribution in [0.15, 0.2) is 53.6 Å². The smallest absolute Gasteiger partial charge is 0.237 e. The maximum Gasteiger partial charge on any atom is 0.237 e. The highest BCUT2D eigenvalue weighted by Crippen LogP contribution is 2.27. The first-order chi connectivity index (χ1) is 16.2. The van der Waals surface area contributed by atoms with E-state index < -0.39 is 5.82 Å². The van der Waals surface area contributed by atoms with Crippen molar-refractivity contribution in [1.29, 1.82) is 5.26 Å². The number of para-hydroxylation sites is 2. The third kappa shape index (κ3) is 5.85. The van der Waals surface area contributed by atoms with Gasteiger partial charge in [0.05, 0.1) is 49.2 Å². The van der Waals surface area contributed by atoms with E-state index in [4.69, 9.17) is 20.0 Å². The van der Waals surface area contributed by atoms with Crippen LogP contribution in [0, 0.1) is 17.1 Å². The van der Waals surface area contributed by atoms with Crippen molar-refractivity contribution in [3.63, 3.8) is 0 Å². The van der Waals surface area contributed by atoms with Gasteiger partial charge >= 0.3 is 0 Å². The molecule has 1 amide bonds. The Kier molecular flexibility index (Phi) is 7.83. The van der Waals surface area contributed by atoms with Crippen LogP contribution in [0.1, 0.15) is 12.2 Å². The molecular weight excluding hydrogens is 441 g/mol. The molecule has 0 spiro atoms. The number of amides is 1. The first-order valence-electron chi connectivity index (χ1n) is 10.8. The lowest BCUT2D eigenvalue weighted by Crippen LogP contribution is -2.36. The Balaban J connectivity index is 1.55. The Morgan fingerprint density at radius 3 is 2.70 bits per heavy atom. The number of nitrogens with zero attached hydrogens (tertiary/aromatic N) is 5. The van der Waals surface area contributed by atoms with Crippen molar-refractivity contribution < 1.29 is 13.9 Å². The number of aromatic nitrogens is 2. The molecule has 4 rings (SSSR count). The molecule has 0 radical (unpaired) electrons. The molecule has 1 saturated heterocycles. The summed E-state index contributed by atoms with van der Waals surface area (Å²) in [6.45, 7) is 3.78. The Morgan fingerprint density at radius 2 is 1.91 bits per heavy atom. The average molecular weight is 466 g/mol. The number of ether oxygens (including phenoxy) is 1. The summed E-state index contributed by atoms with van der Waals surface area (Å²) < 4.78 is 19.8. The molecular formula is C24H24FN5O2S. The van der Waals surface area contributed by atoms with E-state index in [0.29, 0.717) is 30.6 Å². The fraction of sp³-hybridized carbons (Fsp3) is 0.333. The number of hydrogen-bond donors (Lipinski definition) is 0. The zero-order valence-corrected chi connectivity index (χ0v) is 18.9. The van der Waals surface area contributed by atoms with Crippen LogP contribution in [0.5, 0.6) is 0 Å². The minimum atomic E-state index is -0.492. The van der Waals surface area contributed by atoms with Gasteiger partial charge in [0.15, 0.2) is 0 Å². The van der Waals surface area contributed by atoms with Crippen molar-refractivity contribution in [1.82, 2.24) is 14.9 Å². The van der Waals surface area contributed by atoms with Gasteiger partial charge in [0, 0.05) is 25.0 Å². The van der Waals surface area contributed by atoms with Crippen molar-refractivity contribution in [2.24, 2.45) is 0 Å². The molecule has 2 heterocycles. The largest absolute Gasteiger partial charge is 0.379 e. The summed E-state index contributed by atoms with van der Waals surface area (Å²) in [5.74, 6) is -0.00885. The zero-order chi connectivity index (χ0) is 23.0. The predicted octanol–water partition coefficient (Wildman–Crippen LogP) is 3.64. The van der Waals surface area contributed by atoms with Crippen molar-refractivity contribution in [2.75, 3.05) is 43.5 Å². The van der Waals surface area contributed by atoms with E-state index >= 15 is 0 Å². The van der Waals surface area contributed by atoms with E-state index in [9.17, 15) is 9.18 Å². The number of nitriles is 1. The van der Waals surface area contributed by atoms with Gasteiger partial charge in [-0.3, -0.25) is 9.69 Å². The number of halogens is 1. The predicted molar refractivity (Wildman–Crippen MR) is 125 cm³/mol. The second-order valence-corrected chi connectivity index (χ2v) is 8.51. The molecule has 0 atom stereocenters. The van der Waals surface area contributed by atoms with Gasteiger partial charge in [0.25, 0.3) is 0 Å². The van der Waals surface area contributed by atoms with Crippen molar-refractivity contribution >= 4 is 34.3 Å². The van der Waals surface area contributed by atoms with Gasteiger partial charge in [-0.15, -0.1) is 0 Å². The molecule has 0 aliphatic carbocycles. The van der Waals surface area contributed by atoms with E-state index in [-0.39, 0.29) is 30.3 Å². The SMILES string of the molecule is N#CCCN(C(=O)CSc1nc(CN2CCOCC2)nc2ccccc12)c1ccccc1F. The number of rotatable bonds is 8.